The molecule has 0 heterocycles. The summed E-state index contributed by atoms with van der Waals surface area (Å²) in [4.78, 5) is 24.7. The lowest BCUT2D eigenvalue weighted by Gasteiger charge is -2.18. The minimum absolute atomic E-state index is 0.122. The second-order valence-electron chi connectivity index (χ2n) is 4.69. The molecule has 2 rings (SSSR count). The molecule has 0 bridgehead atoms. The molecule has 0 aromatic rings. The molecule has 0 aromatic carbocycles. The molecule has 2 aliphatic rings. The smallest absolute Gasteiger partial charge is 0.294 e. The molecule has 17 heavy (non-hydrogen) atoms. The fourth-order valence-corrected chi connectivity index (χ4v) is 2.24. The van der Waals surface area contributed by atoms with Gasteiger partial charge in [0.05, 0.1) is 0 Å². The van der Waals surface area contributed by atoms with Crippen molar-refractivity contribution in [2.45, 2.75) is 70.3 Å². The molecule has 5 nitrogen and oxygen atoms in total. The van der Waals surface area contributed by atoms with E-state index in [1.165, 1.54) is 12.8 Å². The highest BCUT2D eigenvalue weighted by molar-refractivity contribution is 5.78. The number of ketones is 1. The number of hydrogen-bond acceptors (Lipinski definition) is 4. The highest BCUT2D eigenvalue weighted by Gasteiger charge is 2.16. The number of hydrogen-bond donors (Lipinski definition) is 0. The van der Waals surface area contributed by atoms with Crippen LogP contribution in [0.4, 0.5) is 0 Å². The van der Waals surface area contributed by atoms with E-state index >= 15 is 0 Å². The van der Waals surface area contributed by atoms with Crippen LogP contribution in [-0.2, 0) is 9.63 Å². The van der Waals surface area contributed by atoms with Crippen LogP contribution in [0.5, 0.6) is 0 Å². The van der Waals surface area contributed by atoms with Crippen LogP contribution in [0.25, 0.3) is 0 Å². The summed E-state index contributed by atoms with van der Waals surface area (Å²) in [6.45, 7) is 0. The lowest BCUT2D eigenvalue weighted by molar-refractivity contribution is -0.769. The molecule has 0 unspecified atom stereocenters. The van der Waals surface area contributed by atoms with Crippen LogP contribution < -0.4 is 0 Å². The molecule has 0 amide bonds. The zero-order valence-electron chi connectivity index (χ0n) is 10.2. The van der Waals surface area contributed by atoms with Crippen molar-refractivity contribution in [1.82, 2.24) is 0 Å². The van der Waals surface area contributed by atoms with Crippen LogP contribution in [0.15, 0.2) is 0 Å². The Kier molecular flexibility index (Phi) is 6.58. The first-order chi connectivity index (χ1) is 8.18. The third-order valence-corrected chi connectivity index (χ3v) is 3.20. The Balaban J connectivity index is 0.000000181. The maximum atomic E-state index is 10.5. The highest BCUT2D eigenvalue weighted by atomic mass is 17.0. The van der Waals surface area contributed by atoms with Gasteiger partial charge in [-0.2, -0.15) is 0 Å². The van der Waals surface area contributed by atoms with E-state index in [2.05, 4.69) is 4.84 Å². The molecule has 0 aliphatic heterocycles. The third-order valence-electron chi connectivity index (χ3n) is 3.20. The maximum absolute atomic E-state index is 10.5. The molecule has 5 heteroatoms. The predicted molar refractivity (Wildman–Crippen MR) is 63.0 cm³/mol. The van der Waals surface area contributed by atoms with Crippen molar-refractivity contribution in [2.75, 3.05) is 0 Å². The largest absolute Gasteiger partial charge is 0.311 e. The quantitative estimate of drug-likeness (QED) is 0.552. The molecule has 98 valence electrons. The summed E-state index contributed by atoms with van der Waals surface area (Å²) in [7, 11) is 0. The van der Waals surface area contributed by atoms with Gasteiger partial charge in [0.15, 0.2) is 0 Å². The Hall–Kier alpha value is -1.13. The van der Waals surface area contributed by atoms with E-state index in [1.54, 1.807) is 0 Å². The van der Waals surface area contributed by atoms with Crippen molar-refractivity contribution in [3.05, 3.63) is 10.1 Å². The predicted octanol–water partition coefficient (Wildman–Crippen LogP) is 3.05. The van der Waals surface area contributed by atoms with Gasteiger partial charge in [0.1, 0.15) is 11.9 Å². The molecule has 0 radical (unpaired) electrons. The summed E-state index contributed by atoms with van der Waals surface area (Å²) in [5.41, 5.74) is 0. The Bertz CT molecular complexity index is 241. The van der Waals surface area contributed by atoms with Crippen molar-refractivity contribution < 1.29 is 14.7 Å². The number of carbonyl (C=O) groups excluding carboxylic acids is 1. The van der Waals surface area contributed by atoms with Crippen molar-refractivity contribution in [1.29, 1.82) is 0 Å². The third kappa shape index (κ3) is 6.92. The van der Waals surface area contributed by atoms with Gasteiger partial charge in [-0.3, -0.25) is 4.79 Å². The number of Topliss-reactive ketones (excluding diaryl/α,β-unsaturated/α-hetero) is 1. The lowest BCUT2D eigenvalue weighted by Crippen LogP contribution is -2.19. The SMILES string of the molecule is O=C1CCCCC1.O=[N+]([O-])OC1CCCCC1. The van der Waals surface area contributed by atoms with Crippen LogP contribution in [0.2, 0.25) is 0 Å². The molecule has 0 saturated heterocycles. The van der Waals surface area contributed by atoms with E-state index in [4.69, 9.17) is 0 Å². The molecule has 0 aromatic heterocycles. The second kappa shape index (κ2) is 8.03. The van der Waals surface area contributed by atoms with Crippen molar-refractivity contribution in [2.24, 2.45) is 0 Å². The Morgan fingerprint density at radius 1 is 1.00 bits per heavy atom. The summed E-state index contributed by atoms with van der Waals surface area (Å²) >= 11 is 0. The van der Waals surface area contributed by atoms with Gasteiger partial charge in [-0.15, -0.1) is 10.1 Å². The van der Waals surface area contributed by atoms with E-state index in [1.807, 2.05) is 0 Å². The van der Waals surface area contributed by atoms with Gasteiger partial charge < -0.3 is 4.84 Å². The summed E-state index contributed by atoms with van der Waals surface area (Å²) < 4.78 is 0. The number of carbonyl (C=O) groups is 1. The van der Waals surface area contributed by atoms with Crippen LogP contribution in [0, 0.1) is 10.1 Å². The van der Waals surface area contributed by atoms with Crippen LogP contribution in [0.1, 0.15) is 64.2 Å². The van der Waals surface area contributed by atoms with Crippen LogP contribution in [-0.4, -0.2) is 17.0 Å². The monoisotopic (exact) mass is 243 g/mol. The van der Waals surface area contributed by atoms with Crippen molar-refractivity contribution in [3.63, 3.8) is 0 Å². The zero-order chi connectivity index (χ0) is 12.5. The topological polar surface area (TPSA) is 69.4 Å². The molecule has 2 fully saturated rings. The van der Waals surface area contributed by atoms with Gasteiger partial charge in [0.2, 0.25) is 0 Å². The van der Waals surface area contributed by atoms with Crippen LogP contribution in [0.3, 0.4) is 0 Å². The number of nitrogens with zero attached hydrogens (tertiary/aromatic N) is 1. The molecule has 2 aliphatic carbocycles. The highest BCUT2D eigenvalue weighted by Crippen LogP contribution is 2.19. The standard InChI is InChI=1S/C6H11NO3.C6H10O/c8-7(9)10-6-4-2-1-3-5-6;7-6-4-2-1-3-5-6/h6H,1-5H2;1-5H2. The van der Waals surface area contributed by atoms with E-state index in [-0.39, 0.29) is 6.10 Å². The second-order valence-corrected chi connectivity index (χ2v) is 4.69. The van der Waals surface area contributed by atoms with E-state index < -0.39 is 5.09 Å². The minimum Gasteiger partial charge on any atom is -0.311 e. The van der Waals surface area contributed by atoms with E-state index in [9.17, 15) is 14.9 Å². The zero-order valence-corrected chi connectivity index (χ0v) is 10.2. The Morgan fingerprint density at radius 2 is 1.53 bits per heavy atom. The van der Waals surface area contributed by atoms with Gasteiger partial charge in [0.25, 0.3) is 5.09 Å². The fraction of sp³-hybridized carbons (Fsp3) is 0.917. The molecular weight excluding hydrogens is 222 g/mol. The Labute approximate surface area is 102 Å². The Morgan fingerprint density at radius 3 is 1.94 bits per heavy atom. The maximum Gasteiger partial charge on any atom is 0.294 e. The van der Waals surface area contributed by atoms with Crippen LogP contribution >= 0.6 is 0 Å². The average Bonchev–Trinajstić information content (AvgIpc) is 2.31. The van der Waals surface area contributed by atoms with Gasteiger partial charge in [-0.05, 0) is 25.7 Å². The van der Waals surface area contributed by atoms with Crippen molar-refractivity contribution in [3.8, 4) is 0 Å². The first-order valence-electron chi connectivity index (χ1n) is 6.51. The molecule has 2 saturated carbocycles. The van der Waals surface area contributed by atoms with Crippen molar-refractivity contribution >= 4 is 5.78 Å². The van der Waals surface area contributed by atoms with E-state index in [0.29, 0.717) is 5.78 Å². The fourth-order valence-electron chi connectivity index (χ4n) is 2.24. The number of rotatable bonds is 2. The summed E-state index contributed by atoms with van der Waals surface area (Å²) in [5, 5.41) is 9.17. The molecule has 0 N–H and O–H groups in total. The van der Waals surface area contributed by atoms with Gasteiger partial charge in [-0.25, -0.2) is 0 Å². The van der Waals surface area contributed by atoms with Gasteiger partial charge in [0, 0.05) is 12.8 Å². The normalized spacial score (nSPS) is 21.3. The minimum atomic E-state index is -0.685. The summed E-state index contributed by atoms with van der Waals surface area (Å²) in [6, 6.07) is 0. The average molecular weight is 243 g/mol. The van der Waals surface area contributed by atoms with Gasteiger partial charge >= 0.3 is 0 Å². The molecular formula is C12H21NO4. The van der Waals surface area contributed by atoms with Gasteiger partial charge in [-0.1, -0.05) is 25.7 Å². The summed E-state index contributed by atoms with van der Waals surface area (Å²) in [6.07, 6.45) is 10.1. The van der Waals surface area contributed by atoms with E-state index in [0.717, 1.165) is 51.4 Å². The molecule has 0 spiro atoms. The first kappa shape index (κ1) is 13.9. The molecule has 0 atom stereocenters. The first-order valence-corrected chi connectivity index (χ1v) is 6.51. The lowest BCUT2D eigenvalue weighted by atomic mass is 9.98. The summed E-state index contributed by atoms with van der Waals surface area (Å²) in [5.74, 6) is 0.464.